The average Bonchev–Trinajstić information content (AvgIpc) is 3.56. The van der Waals surface area contributed by atoms with E-state index in [1.807, 2.05) is 0 Å². The van der Waals surface area contributed by atoms with Gasteiger partial charge in [-0.2, -0.15) is 0 Å². The molecule has 54 heavy (non-hydrogen) atoms. The molecule has 0 fully saturated rings. The Morgan fingerprint density at radius 2 is 0.833 bits per heavy atom. The van der Waals surface area contributed by atoms with E-state index in [1.165, 1.54) is 66.4 Å². The van der Waals surface area contributed by atoms with Gasteiger partial charge in [-0.05, 0) is 85.6 Å². The molecule has 0 radical (unpaired) electrons. The Morgan fingerprint density at radius 1 is 0.333 bits per heavy atom. The Balaban J connectivity index is 1.23. The minimum absolute atomic E-state index is 0.487. The highest BCUT2D eigenvalue weighted by Crippen LogP contribution is 2.59. The summed E-state index contributed by atoms with van der Waals surface area (Å²) in [4.78, 5) is 2.47. The molecule has 1 nitrogen and oxygen atoms in total. The van der Waals surface area contributed by atoms with Crippen LogP contribution in [-0.2, 0) is 5.41 Å². The molecular formula is C53H37N. The zero-order chi connectivity index (χ0) is 35.9. The van der Waals surface area contributed by atoms with Crippen LogP contribution in [0, 0.1) is 0 Å². The van der Waals surface area contributed by atoms with Crippen LogP contribution in [0.3, 0.4) is 0 Å². The van der Waals surface area contributed by atoms with Gasteiger partial charge in [-0.1, -0.05) is 194 Å². The second kappa shape index (κ2) is 13.2. The van der Waals surface area contributed by atoms with Crippen LogP contribution in [0.1, 0.15) is 22.3 Å². The van der Waals surface area contributed by atoms with Crippen LogP contribution in [0.15, 0.2) is 224 Å². The quantitative estimate of drug-likeness (QED) is 0.161. The monoisotopic (exact) mass is 687 g/mol. The lowest BCUT2D eigenvalue weighted by Crippen LogP contribution is -2.28. The van der Waals surface area contributed by atoms with E-state index in [-0.39, 0.29) is 0 Å². The third-order valence-electron chi connectivity index (χ3n) is 11.1. The van der Waals surface area contributed by atoms with Gasteiger partial charge in [0.25, 0.3) is 0 Å². The highest BCUT2D eigenvalue weighted by molar-refractivity contribution is 6.01. The van der Waals surface area contributed by atoms with Crippen LogP contribution in [0.25, 0.3) is 44.2 Å². The van der Waals surface area contributed by atoms with Crippen molar-refractivity contribution in [3.05, 3.63) is 247 Å². The van der Waals surface area contributed by atoms with Crippen molar-refractivity contribution in [2.45, 2.75) is 5.41 Å². The van der Waals surface area contributed by atoms with Gasteiger partial charge in [0.15, 0.2) is 0 Å². The molecule has 1 aliphatic rings. The van der Waals surface area contributed by atoms with Crippen LogP contribution in [0.2, 0.25) is 0 Å². The minimum Gasteiger partial charge on any atom is -0.309 e. The van der Waals surface area contributed by atoms with E-state index in [1.54, 1.807) is 0 Å². The highest BCUT2D eigenvalue weighted by atomic mass is 15.1. The van der Waals surface area contributed by atoms with Crippen LogP contribution in [0.4, 0.5) is 17.1 Å². The molecule has 9 aromatic rings. The molecule has 0 heterocycles. The lowest BCUT2D eigenvalue weighted by atomic mass is 9.68. The van der Waals surface area contributed by atoms with Gasteiger partial charge in [-0.25, -0.2) is 0 Å². The Hall–Kier alpha value is -6.96. The number of benzene rings is 9. The van der Waals surface area contributed by atoms with Gasteiger partial charge in [0, 0.05) is 16.8 Å². The maximum Gasteiger partial charge on any atom is 0.0714 e. The molecule has 0 saturated heterocycles. The summed E-state index contributed by atoms with van der Waals surface area (Å²) in [5, 5.41) is 2.51. The molecule has 0 aromatic heterocycles. The fraction of sp³-hybridized carbons (Fsp3) is 0.0189. The number of anilines is 3. The summed E-state index contributed by atoms with van der Waals surface area (Å²) in [5.41, 5.74) is 15.3. The van der Waals surface area contributed by atoms with E-state index in [0.717, 1.165) is 17.1 Å². The van der Waals surface area contributed by atoms with Crippen molar-refractivity contribution >= 4 is 27.8 Å². The Bertz CT molecular complexity index is 2720. The molecule has 0 atom stereocenters. The van der Waals surface area contributed by atoms with Gasteiger partial charge in [-0.3, -0.25) is 0 Å². The lowest BCUT2D eigenvalue weighted by Gasteiger charge is -2.34. The van der Waals surface area contributed by atoms with Gasteiger partial charge in [0.05, 0.1) is 16.8 Å². The molecule has 0 unspecified atom stereocenters. The van der Waals surface area contributed by atoms with Crippen molar-refractivity contribution in [1.82, 2.24) is 0 Å². The molecule has 0 aliphatic heterocycles. The summed E-state index contributed by atoms with van der Waals surface area (Å²) in [5.74, 6) is 0. The maximum absolute atomic E-state index is 2.47. The van der Waals surface area contributed by atoms with Crippen molar-refractivity contribution in [3.63, 3.8) is 0 Å². The fourth-order valence-corrected chi connectivity index (χ4v) is 8.89. The van der Waals surface area contributed by atoms with Crippen LogP contribution < -0.4 is 4.90 Å². The van der Waals surface area contributed by atoms with E-state index in [0.29, 0.717) is 0 Å². The zero-order valence-corrected chi connectivity index (χ0v) is 29.8. The molecule has 0 N–H and O–H groups in total. The van der Waals surface area contributed by atoms with Crippen LogP contribution in [-0.4, -0.2) is 0 Å². The van der Waals surface area contributed by atoms with Crippen molar-refractivity contribution in [3.8, 4) is 33.4 Å². The highest BCUT2D eigenvalue weighted by Gasteiger charge is 2.47. The Morgan fingerprint density at radius 3 is 1.59 bits per heavy atom. The molecular weight excluding hydrogens is 651 g/mol. The number of rotatable bonds is 7. The largest absolute Gasteiger partial charge is 0.309 e. The van der Waals surface area contributed by atoms with Gasteiger partial charge in [-0.15, -0.1) is 0 Å². The average molecular weight is 688 g/mol. The maximum atomic E-state index is 2.47. The number of nitrogens with zero attached hydrogens (tertiary/aromatic N) is 1. The van der Waals surface area contributed by atoms with E-state index in [9.17, 15) is 0 Å². The van der Waals surface area contributed by atoms with Gasteiger partial charge in [0.1, 0.15) is 0 Å². The first-order valence-electron chi connectivity index (χ1n) is 18.7. The summed E-state index contributed by atoms with van der Waals surface area (Å²) in [6.45, 7) is 0. The second-order valence-electron chi connectivity index (χ2n) is 14.0. The predicted molar refractivity (Wildman–Crippen MR) is 227 cm³/mol. The summed E-state index contributed by atoms with van der Waals surface area (Å²) in [6, 6.07) is 82.0. The summed E-state index contributed by atoms with van der Waals surface area (Å²) in [7, 11) is 0. The first kappa shape index (κ1) is 31.7. The normalized spacial score (nSPS) is 12.6. The SMILES string of the molecule is c1ccc(N(c2ccccc2-c2cccc(-c3cccc4ccccc34)c2)c2cccc3c2-c2ccccc2C3(c2ccccc2)c2ccccc2)cc1. The predicted octanol–water partition coefficient (Wildman–Crippen LogP) is 14.0. The topological polar surface area (TPSA) is 3.24 Å². The fourth-order valence-electron chi connectivity index (χ4n) is 8.89. The number of hydrogen-bond donors (Lipinski definition) is 0. The minimum atomic E-state index is -0.487. The second-order valence-corrected chi connectivity index (χ2v) is 14.0. The van der Waals surface area contributed by atoms with Gasteiger partial charge < -0.3 is 4.90 Å². The first-order valence-corrected chi connectivity index (χ1v) is 18.7. The van der Waals surface area contributed by atoms with E-state index >= 15 is 0 Å². The number of para-hydroxylation sites is 2. The van der Waals surface area contributed by atoms with Crippen molar-refractivity contribution in [1.29, 1.82) is 0 Å². The van der Waals surface area contributed by atoms with Crippen LogP contribution in [0.5, 0.6) is 0 Å². The third-order valence-corrected chi connectivity index (χ3v) is 11.1. The van der Waals surface area contributed by atoms with E-state index in [2.05, 4.69) is 229 Å². The number of fused-ring (bicyclic) bond motifs is 4. The Labute approximate surface area is 317 Å². The zero-order valence-electron chi connectivity index (χ0n) is 29.8. The molecule has 10 rings (SSSR count). The molecule has 0 bridgehead atoms. The summed E-state index contributed by atoms with van der Waals surface area (Å²) < 4.78 is 0. The number of hydrogen-bond acceptors (Lipinski definition) is 1. The smallest absolute Gasteiger partial charge is 0.0714 e. The van der Waals surface area contributed by atoms with Crippen molar-refractivity contribution in [2.75, 3.05) is 4.90 Å². The molecule has 1 heteroatoms. The van der Waals surface area contributed by atoms with Gasteiger partial charge >= 0.3 is 0 Å². The van der Waals surface area contributed by atoms with E-state index < -0.39 is 5.41 Å². The van der Waals surface area contributed by atoms with Crippen molar-refractivity contribution < 1.29 is 0 Å². The Kier molecular flexibility index (Phi) is 7.78. The molecule has 254 valence electrons. The molecule has 0 saturated carbocycles. The first-order chi connectivity index (χ1) is 26.8. The molecule has 1 aliphatic carbocycles. The van der Waals surface area contributed by atoms with Crippen molar-refractivity contribution in [2.24, 2.45) is 0 Å². The van der Waals surface area contributed by atoms with Crippen LogP contribution >= 0.6 is 0 Å². The summed E-state index contributed by atoms with van der Waals surface area (Å²) >= 11 is 0. The molecule has 9 aromatic carbocycles. The van der Waals surface area contributed by atoms with Gasteiger partial charge in [0.2, 0.25) is 0 Å². The lowest BCUT2D eigenvalue weighted by molar-refractivity contribution is 0.768. The standard InChI is InChI=1S/C53H37N/c1-4-23-41(24-5-1)53(42-25-6-2-7-26-42)48-33-14-12-31-47(48)52-49(53)34-18-36-51(52)54(43-27-8-3-9-28-43)50-35-15-13-30-46(50)40-22-16-21-39(37-40)45-32-17-20-38-19-10-11-29-44(38)45/h1-37H. The molecule has 0 amide bonds. The third kappa shape index (κ3) is 5.01. The molecule has 0 spiro atoms. The van der Waals surface area contributed by atoms with E-state index in [4.69, 9.17) is 0 Å². The summed E-state index contributed by atoms with van der Waals surface area (Å²) in [6.07, 6.45) is 0.